The van der Waals surface area contributed by atoms with E-state index in [1.165, 1.54) is 17.5 Å². The smallest absolute Gasteiger partial charge is 0.254 e. The van der Waals surface area contributed by atoms with Crippen molar-refractivity contribution in [1.82, 2.24) is 10.2 Å². The fourth-order valence-corrected chi connectivity index (χ4v) is 3.76. The molecule has 0 saturated carbocycles. The minimum atomic E-state index is -0.132. The van der Waals surface area contributed by atoms with Gasteiger partial charge in [-0.05, 0) is 60.2 Å². The fourth-order valence-electron chi connectivity index (χ4n) is 3.76. The minimum Gasteiger partial charge on any atom is -0.370 e. The number of hydrogen-bond donors (Lipinski definition) is 3. The zero-order chi connectivity index (χ0) is 20.2. The average Bonchev–Trinajstić information content (AvgIpc) is 3.20. The highest BCUT2D eigenvalue weighted by molar-refractivity contribution is 14.0. The van der Waals surface area contributed by atoms with Crippen LogP contribution in [0.3, 0.4) is 0 Å². The summed E-state index contributed by atoms with van der Waals surface area (Å²) in [4.78, 5) is 29.9. The number of aliphatic imine (C=N–C) groups is 1. The summed E-state index contributed by atoms with van der Waals surface area (Å²) < 4.78 is 0. The number of nitrogens with two attached hydrogens (primary N) is 1. The SMILES string of the molecule is I.NC(=NCc1ccc(C(=O)N2CCNC(=O)C2)cc1)Nc1ccc2c(c1)CCC2. The molecule has 7 nitrogen and oxygen atoms in total. The molecule has 1 saturated heterocycles. The van der Waals surface area contributed by atoms with Crippen LogP contribution in [-0.2, 0) is 24.2 Å². The van der Waals surface area contributed by atoms with Gasteiger partial charge >= 0.3 is 0 Å². The number of carbonyl (C=O) groups excluding carboxylic acids is 2. The van der Waals surface area contributed by atoms with Crippen LogP contribution >= 0.6 is 24.0 Å². The number of fused-ring (bicyclic) bond motifs is 1. The van der Waals surface area contributed by atoms with Crippen LogP contribution in [0.5, 0.6) is 0 Å². The molecule has 1 aliphatic heterocycles. The zero-order valence-corrected chi connectivity index (χ0v) is 19.0. The molecule has 0 atom stereocenters. The molecule has 2 aliphatic rings. The van der Waals surface area contributed by atoms with Gasteiger partial charge in [-0.2, -0.15) is 0 Å². The van der Waals surface area contributed by atoms with E-state index >= 15 is 0 Å². The van der Waals surface area contributed by atoms with Gasteiger partial charge in [0.1, 0.15) is 0 Å². The summed E-state index contributed by atoms with van der Waals surface area (Å²) in [6, 6.07) is 13.6. The normalized spacial score (nSPS) is 15.8. The Morgan fingerprint density at radius 3 is 2.67 bits per heavy atom. The van der Waals surface area contributed by atoms with Crippen LogP contribution < -0.4 is 16.4 Å². The van der Waals surface area contributed by atoms with Crippen LogP contribution in [0.15, 0.2) is 47.5 Å². The van der Waals surface area contributed by atoms with E-state index in [4.69, 9.17) is 5.73 Å². The molecule has 2 aromatic carbocycles. The Balaban J connectivity index is 0.00000256. The van der Waals surface area contributed by atoms with Crippen LogP contribution in [0, 0.1) is 0 Å². The first-order valence-electron chi connectivity index (χ1n) is 9.92. The Hall–Kier alpha value is -2.62. The number of piperazine rings is 1. The molecule has 0 unspecified atom stereocenters. The molecule has 4 N–H and O–H groups in total. The quantitative estimate of drug-likeness (QED) is 0.328. The van der Waals surface area contributed by atoms with Crippen LogP contribution in [-0.4, -0.2) is 42.3 Å². The summed E-state index contributed by atoms with van der Waals surface area (Å²) in [5.41, 5.74) is 11.3. The van der Waals surface area contributed by atoms with Gasteiger partial charge in [-0.25, -0.2) is 4.99 Å². The number of anilines is 1. The maximum Gasteiger partial charge on any atom is 0.254 e. The highest BCUT2D eigenvalue weighted by atomic mass is 127. The molecule has 4 rings (SSSR count). The van der Waals surface area contributed by atoms with Crippen LogP contribution in [0.4, 0.5) is 5.69 Å². The molecule has 158 valence electrons. The molecule has 1 heterocycles. The number of halogens is 1. The standard InChI is InChI=1S/C22H25N5O2.HI/c23-22(26-19-9-8-16-2-1-3-18(16)12-19)25-13-15-4-6-17(7-5-15)21(29)27-11-10-24-20(28)14-27;/h4-9,12H,1-3,10-11,13-14H2,(H,24,28)(H3,23,25,26);1H. The lowest BCUT2D eigenvalue weighted by molar-refractivity contribution is -0.123. The van der Waals surface area contributed by atoms with E-state index in [1.54, 1.807) is 17.0 Å². The lowest BCUT2D eigenvalue weighted by atomic mass is 10.1. The first-order chi connectivity index (χ1) is 14.1. The lowest BCUT2D eigenvalue weighted by Gasteiger charge is -2.26. The second-order valence-corrected chi connectivity index (χ2v) is 7.44. The van der Waals surface area contributed by atoms with Crippen LogP contribution in [0.1, 0.15) is 33.5 Å². The van der Waals surface area contributed by atoms with E-state index in [1.807, 2.05) is 18.2 Å². The molecule has 8 heteroatoms. The Morgan fingerprint density at radius 1 is 1.13 bits per heavy atom. The van der Waals surface area contributed by atoms with E-state index < -0.39 is 0 Å². The van der Waals surface area contributed by atoms with Crippen molar-refractivity contribution < 1.29 is 9.59 Å². The third kappa shape index (κ3) is 5.29. The predicted molar refractivity (Wildman–Crippen MR) is 128 cm³/mol. The molecular weight excluding hydrogens is 493 g/mol. The van der Waals surface area contributed by atoms with E-state index in [0.29, 0.717) is 31.2 Å². The highest BCUT2D eigenvalue weighted by Gasteiger charge is 2.22. The number of amides is 2. The maximum absolute atomic E-state index is 12.5. The number of aryl methyl sites for hydroxylation is 2. The zero-order valence-electron chi connectivity index (χ0n) is 16.7. The van der Waals surface area contributed by atoms with Crippen LogP contribution in [0.25, 0.3) is 0 Å². The number of guanidine groups is 1. The van der Waals surface area contributed by atoms with Gasteiger partial charge in [-0.15, -0.1) is 24.0 Å². The minimum absolute atomic E-state index is 0. The molecule has 2 amide bonds. The van der Waals surface area contributed by atoms with Crippen molar-refractivity contribution >= 4 is 47.4 Å². The van der Waals surface area contributed by atoms with Crippen molar-refractivity contribution in [2.75, 3.05) is 25.0 Å². The van der Waals surface area contributed by atoms with Crippen molar-refractivity contribution in [2.24, 2.45) is 10.7 Å². The number of hydrogen-bond acceptors (Lipinski definition) is 3. The largest absolute Gasteiger partial charge is 0.370 e. The molecule has 0 radical (unpaired) electrons. The average molecular weight is 519 g/mol. The fraction of sp³-hybridized carbons (Fsp3) is 0.318. The maximum atomic E-state index is 12.5. The van der Waals surface area contributed by atoms with Crippen molar-refractivity contribution in [3.8, 4) is 0 Å². The summed E-state index contributed by atoms with van der Waals surface area (Å²) in [7, 11) is 0. The first kappa shape index (κ1) is 22.1. The van der Waals surface area contributed by atoms with Crippen LogP contribution in [0.2, 0.25) is 0 Å². The summed E-state index contributed by atoms with van der Waals surface area (Å²) in [6.45, 7) is 1.55. The van der Waals surface area contributed by atoms with Crippen molar-refractivity contribution in [3.05, 3.63) is 64.7 Å². The molecular formula is C22H26IN5O2. The molecule has 0 aromatic heterocycles. The Morgan fingerprint density at radius 2 is 1.90 bits per heavy atom. The Kier molecular flexibility index (Phi) is 7.30. The molecule has 0 bridgehead atoms. The number of nitrogens with zero attached hydrogens (tertiary/aromatic N) is 2. The summed E-state index contributed by atoms with van der Waals surface area (Å²) in [6.07, 6.45) is 3.49. The molecule has 0 spiro atoms. The van der Waals surface area contributed by atoms with E-state index in [-0.39, 0.29) is 42.3 Å². The van der Waals surface area contributed by atoms with E-state index in [9.17, 15) is 9.59 Å². The summed E-state index contributed by atoms with van der Waals surface area (Å²) in [5, 5.41) is 5.87. The van der Waals surface area contributed by atoms with Gasteiger partial charge in [0, 0.05) is 24.3 Å². The topological polar surface area (TPSA) is 99.8 Å². The van der Waals surface area contributed by atoms with Gasteiger partial charge in [0.25, 0.3) is 5.91 Å². The molecule has 30 heavy (non-hydrogen) atoms. The third-order valence-electron chi connectivity index (χ3n) is 5.33. The number of rotatable bonds is 4. The number of carbonyl (C=O) groups is 2. The first-order valence-corrected chi connectivity index (χ1v) is 9.92. The monoisotopic (exact) mass is 519 g/mol. The summed E-state index contributed by atoms with van der Waals surface area (Å²) >= 11 is 0. The van der Waals surface area contributed by atoms with Crippen molar-refractivity contribution in [3.63, 3.8) is 0 Å². The Bertz CT molecular complexity index is 959. The second-order valence-electron chi connectivity index (χ2n) is 7.44. The van der Waals surface area contributed by atoms with Gasteiger partial charge in [0.15, 0.2) is 5.96 Å². The molecule has 2 aromatic rings. The van der Waals surface area contributed by atoms with Crippen molar-refractivity contribution in [2.45, 2.75) is 25.8 Å². The summed E-state index contributed by atoms with van der Waals surface area (Å²) in [5.74, 6) is 0.108. The van der Waals surface area contributed by atoms with Gasteiger partial charge < -0.3 is 21.3 Å². The Labute approximate surface area is 193 Å². The third-order valence-corrected chi connectivity index (χ3v) is 5.33. The predicted octanol–water partition coefficient (Wildman–Crippen LogP) is 2.29. The van der Waals surface area contributed by atoms with E-state index in [0.717, 1.165) is 24.1 Å². The highest BCUT2D eigenvalue weighted by Crippen LogP contribution is 2.24. The number of nitrogens with one attached hydrogen (secondary N) is 2. The van der Waals surface area contributed by atoms with Crippen molar-refractivity contribution in [1.29, 1.82) is 0 Å². The van der Waals surface area contributed by atoms with Gasteiger partial charge in [0.2, 0.25) is 5.91 Å². The van der Waals surface area contributed by atoms with Gasteiger partial charge in [0.05, 0.1) is 13.1 Å². The number of benzene rings is 2. The van der Waals surface area contributed by atoms with E-state index in [2.05, 4.69) is 27.8 Å². The lowest BCUT2D eigenvalue weighted by Crippen LogP contribution is -2.49. The van der Waals surface area contributed by atoms with Gasteiger partial charge in [-0.3, -0.25) is 9.59 Å². The van der Waals surface area contributed by atoms with Gasteiger partial charge in [-0.1, -0.05) is 18.2 Å². The molecule has 1 fully saturated rings. The second kappa shape index (κ2) is 9.92. The molecule has 1 aliphatic carbocycles.